The van der Waals surface area contributed by atoms with Gasteiger partial charge in [-0.15, -0.1) is 0 Å². The molecule has 0 aliphatic rings. The zero-order chi connectivity index (χ0) is 13.8. The van der Waals surface area contributed by atoms with Crippen LogP contribution in [0.25, 0.3) is 0 Å². The molecule has 1 atom stereocenters. The molecule has 0 aromatic heterocycles. The number of nitrogens with two attached hydrogens (primary N) is 1. The average molecular weight is 273 g/mol. The normalized spacial score (nSPS) is 12.3. The highest BCUT2D eigenvalue weighted by Gasteiger charge is 2.05. The molecular weight excluding hydrogens is 254 g/mol. The molecule has 0 heterocycles. The van der Waals surface area contributed by atoms with Crippen LogP contribution in [0.4, 0.5) is 5.69 Å². The summed E-state index contributed by atoms with van der Waals surface area (Å²) in [5.74, 6) is 0.645. The molecule has 0 spiro atoms. The van der Waals surface area contributed by atoms with Crippen LogP contribution >= 0.6 is 0 Å². The second kappa shape index (κ2) is 6.02. The van der Waals surface area contributed by atoms with Crippen molar-refractivity contribution in [3.8, 4) is 0 Å². The minimum absolute atomic E-state index is 0.645. The third-order valence-corrected chi connectivity index (χ3v) is 4.65. The van der Waals surface area contributed by atoms with Gasteiger partial charge in [-0.1, -0.05) is 18.2 Å². The van der Waals surface area contributed by atoms with E-state index in [2.05, 4.69) is 13.8 Å². The monoisotopic (exact) mass is 273 g/mol. The van der Waals surface area contributed by atoms with Gasteiger partial charge in [-0.05, 0) is 61.2 Å². The van der Waals surface area contributed by atoms with Crippen molar-refractivity contribution in [1.82, 2.24) is 0 Å². The van der Waals surface area contributed by atoms with Gasteiger partial charge in [0.05, 0.1) is 10.8 Å². The Morgan fingerprint density at radius 1 is 1.00 bits per heavy atom. The van der Waals surface area contributed by atoms with Crippen LogP contribution in [0.5, 0.6) is 0 Å². The number of aryl methyl sites for hydroxylation is 3. The van der Waals surface area contributed by atoms with Crippen molar-refractivity contribution < 1.29 is 4.21 Å². The van der Waals surface area contributed by atoms with E-state index in [1.54, 1.807) is 0 Å². The van der Waals surface area contributed by atoms with Crippen LogP contribution in [0.3, 0.4) is 0 Å². The quantitative estimate of drug-likeness (QED) is 0.869. The Morgan fingerprint density at radius 3 is 2.32 bits per heavy atom. The number of anilines is 1. The first-order valence-electron chi connectivity index (χ1n) is 6.36. The van der Waals surface area contributed by atoms with E-state index >= 15 is 0 Å². The summed E-state index contributed by atoms with van der Waals surface area (Å²) in [7, 11) is -0.939. The fourth-order valence-electron chi connectivity index (χ4n) is 1.87. The first-order valence-corrected chi connectivity index (χ1v) is 7.68. The molecule has 19 heavy (non-hydrogen) atoms. The molecule has 3 heteroatoms. The molecule has 0 radical (unpaired) electrons. The van der Waals surface area contributed by atoms with E-state index in [4.69, 9.17) is 5.73 Å². The minimum Gasteiger partial charge on any atom is -0.399 e. The fourth-order valence-corrected chi connectivity index (χ4v) is 3.05. The lowest BCUT2D eigenvalue weighted by Crippen LogP contribution is -2.02. The number of hydrogen-bond donors (Lipinski definition) is 1. The van der Waals surface area contributed by atoms with Gasteiger partial charge in [-0.2, -0.15) is 0 Å². The van der Waals surface area contributed by atoms with Crippen LogP contribution < -0.4 is 5.73 Å². The second-order valence-corrected chi connectivity index (χ2v) is 6.36. The Labute approximate surface area is 117 Å². The maximum Gasteiger partial charge on any atom is 0.0532 e. The molecule has 2 aromatic carbocycles. The molecule has 0 aliphatic heterocycles. The molecule has 2 aromatic rings. The van der Waals surface area contributed by atoms with Crippen LogP contribution in [-0.2, 0) is 17.2 Å². The molecule has 2 rings (SSSR count). The van der Waals surface area contributed by atoms with Crippen LogP contribution in [0, 0.1) is 13.8 Å². The number of hydrogen-bond acceptors (Lipinski definition) is 2. The van der Waals surface area contributed by atoms with Gasteiger partial charge < -0.3 is 5.73 Å². The van der Waals surface area contributed by atoms with Crippen molar-refractivity contribution in [3.63, 3.8) is 0 Å². The minimum atomic E-state index is -0.939. The molecular formula is C16H19NOS. The van der Waals surface area contributed by atoms with Gasteiger partial charge in [-0.3, -0.25) is 4.21 Å². The van der Waals surface area contributed by atoms with Gasteiger partial charge in [0.15, 0.2) is 0 Å². The lowest BCUT2D eigenvalue weighted by Gasteiger charge is -2.06. The topological polar surface area (TPSA) is 43.1 Å². The summed E-state index contributed by atoms with van der Waals surface area (Å²) >= 11 is 0. The summed E-state index contributed by atoms with van der Waals surface area (Å²) in [6.45, 7) is 4.12. The molecule has 0 bridgehead atoms. The molecule has 0 aliphatic carbocycles. The number of nitrogen functional groups attached to an aromatic ring is 1. The molecule has 1 unspecified atom stereocenters. The van der Waals surface area contributed by atoms with Crippen LogP contribution in [0.15, 0.2) is 47.4 Å². The smallest absolute Gasteiger partial charge is 0.0532 e. The standard InChI is InChI=1S/C16H19NOS/c1-12-3-8-16(11-13(12)2)19(18)10-9-14-4-6-15(17)7-5-14/h3-8,11H,9-10,17H2,1-2H3. The number of benzene rings is 2. The SMILES string of the molecule is Cc1ccc(S(=O)CCc2ccc(N)cc2)cc1C. The summed E-state index contributed by atoms with van der Waals surface area (Å²) in [5.41, 5.74) is 10.0. The van der Waals surface area contributed by atoms with Crippen LogP contribution in [-0.4, -0.2) is 9.96 Å². The predicted molar refractivity (Wildman–Crippen MR) is 81.7 cm³/mol. The van der Waals surface area contributed by atoms with Crippen molar-refractivity contribution in [2.45, 2.75) is 25.2 Å². The summed E-state index contributed by atoms with van der Waals surface area (Å²) in [4.78, 5) is 0.915. The summed E-state index contributed by atoms with van der Waals surface area (Å²) in [5, 5.41) is 0. The summed E-state index contributed by atoms with van der Waals surface area (Å²) in [6.07, 6.45) is 0.805. The van der Waals surface area contributed by atoms with Gasteiger partial charge in [0.25, 0.3) is 0 Å². The Balaban J connectivity index is 2.01. The maximum atomic E-state index is 12.2. The van der Waals surface area contributed by atoms with Gasteiger partial charge >= 0.3 is 0 Å². The molecule has 2 N–H and O–H groups in total. The second-order valence-electron chi connectivity index (χ2n) is 4.79. The summed E-state index contributed by atoms with van der Waals surface area (Å²) in [6, 6.07) is 13.8. The van der Waals surface area contributed by atoms with Crippen molar-refractivity contribution in [1.29, 1.82) is 0 Å². The average Bonchev–Trinajstić information content (AvgIpc) is 2.41. The number of rotatable bonds is 4. The fraction of sp³-hybridized carbons (Fsp3) is 0.250. The maximum absolute atomic E-state index is 12.2. The highest BCUT2D eigenvalue weighted by atomic mass is 32.2. The lowest BCUT2D eigenvalue weighted by molar-refractivity contribution is 0.682. The van der Waals surface area contributed by atoms with Crippen molar-refractivity contribution in [2.24, 2.45) is 0 Å². The van der Waals surface area contributed by atoms with Crippen LogP contribution in [0.1, 0.15) is 16.7 Å². The Bertz CT molecular complexity index is 590. The van der Waals surface area contributed by atoms with E-state index in [0.29, 0.717) is 5.75 Å². The van der Waals surface area contributed by atoms with E-state index < -0.39 is 10.8 Å². The van der Waals surface area contributed by atoms with Gasteiger partial charge in [0.2, 0.25) is 0 Å². The van der Waals surface area contributed by atoms with Gasteiger partial charge in [-0.25, -0.2) is 0 Å². The Kier molecular flexibility index (Phi) is 4.38. The van der Waals surface area contributed by atoms with E-state index in [0.717, 1.165) is 17.0 Å². The summed E-state index contributed by atoms with van der Waals surface area (Å²) < 4.78 is 12.2. The Hall–Kier alpha value is -1.61. The molecule has 0 amide bonds. The molecule has 0 saturated carbocycles. The predicted octanol–water partition coefficient (Wildman–Crippen LogP) is 3.24. The highest BCUT2D eigenvalue weighted by Crippen LogP contribution is 2.15. The molecule has 100 valence electrons. The zero-order valence-corrected chi connectivity index (χ0v) is 12.2. The molecule has 0 fully saturated rings. The third-order valence-electron chi connectivity index (χ3n) is 3.30. The van der Waals surface area contributed by atoms with E-state index in [1.807, 2.05) is 42.5 Å². The van der Waals surface area contributed by atoms with Crippen LogP contribution in [0.2, 0.25) is 0 Å². The van der Waals surface area contributed by atoms with Crippen molar-refractivity contribution in [3.05, 3.63) is 59.2 Å². The largest absolute Gasteiger partial charge is 0.399 e. The molecule has 2 nitrogen and oxygen atoms in total. The first kappa shape index (κ1) is 13.8. The Morgan fingerprint density at radius 2 is 1.68 bits per heavy atom. The third kappa shape index (κ3) is 3.67. The van der Waals surface area contributed by atoms with Crippen molar-refractivity contribution in [2.75, 3.05) is 11.5 Å². The van der Waals surface area contributed by atoms with Gasteiger partial charge in [0, 0.05) is 16.3 Å². The highest BCUT2D eigenvalue weighted by molar-refractivity contribution is 7.85. The lowest BCUT2D eigenvalue weighted by atomic mass is 10.1. The van der Waals surface area contributed by atoms with E-state index in [1.165, 1.54) is 16.7 Å². The van der Waals surface area contributed by atoms with E-state index in [-0.39, 0.29) is 0 Å². The zero-order valence-electron chi connectivity index (χ0n) is 11.3. The van der Waals surface area contributed by atoms with E-state index in [9.17, 15) is 4.21 Å². The van der Waals surface area contributed by atoms with Crippen molar-refractivity contribution >= 4 is 16.5 Å². The molecule has 0 saturated heterocycles. The van der Waals surface area contributed by atoms with Gasteiger partial charge in [0.1, 0.15) is 0 Å². The first-order chi connectivity index (χ1) is 9.06.